The molecule has 3 N–H and O–H groups in total. The molecule has 1 aliphatic rings. The molecule has 1 saturated carbocycles. The Kier molecular flexibility index (Phi) is 3.73. The van der Waals surface area contributed by atoms with Crippen molar-refractivity contribution in [1.82, 2.24) is 4.90 Å². The molecule has 4 nitrogen and oxygen atoms in total. The summed E-state index contributed by atoms with van der Waals surface area (Å²) >= 11 is 0. The van der Waals surface area contributed by atoms with Gasteiger partial charge in [0, 0.05) is 12.6 Å². The summed E-state index contributed by atoms with van der Waals surface area (Å²) in [6, 6.07) is 0.219. The van der Waals surface area contributed by atoms with E-state index in [0.29, 0.717) is 6.42 Å². The minimum atomic E-state index is -1.11. The summed E-state index contributed by atoms with van der Waals surface area (Å²) in [6.07, 6.45) is 3.12. The predicted octanol–water partition coefficient (Wildman–Crippen LogP) is 0.909. The normalized spacial score (nSPS) is 22.5. The molecule has 88 valence electrons. The molecule has 0 radical (unpaired) electrons. The van der Waals surface area contributed by atoms with Crippen molar-refractivity contribution in [1.29, 1.82) is 0 Å². The van der Waals surface area contributed by atoms with Gasteiger partial charge in [0.2, 0.25) is 0 Å². The molecule has 2 unspecified atom stereocenters. The fraction of sp³-hybridized carbons (Fsp3) is 0.909. The molecule has 2 atom stereocenters. The zero-order valence-corrected chi connectivity index (χ0v) is 9.86. The van der Waals surface area contributed by atoms with Gasteiger partial charge in [-0.05, 0) is 46.1 Å². The molecule has 0 aromatic heterocycles. The molecule has 1 fully saturated rings. The monoisotopic (exact) mass is 214 g/mol. The van der Waals surface area contributed by atoms with Crippen molar-refractivity contribution in [3.63, 3.8) is 0 Å². The van der Waals surface area contributed by atoms with Crippen LogP contribution in [0, 0.1) is 5.92 Å². The van der Waals surface area contributed by atoms with Gasteiger partial charge in [-0.3, -0.25) is 4.79 Å². The number of nitrogens with zero attached hydrogens (tertiary/aromatic N) is 1. The van der Waals surface area contributed by atoms with Crippen LogP contribution in [0.3, 0.4) is 0 Å². The van der Waals surface area contributed by atoms with Gasteiger partial charge in [0.25, 0.3) is 0 Å². The number of carboxylic acid groups (broad SMARTS) is 1. The van der Waals surface area contributed by atoms with Crippen LogP contribution in [0.5, 0.6) is 0 Å². The van der Waals surface area contributed by atoms with Crippen molar-refractivity contribution in [2.24, 2.45) is 11.7 Å². The van der Waals surface area contributed by atoms with E-state index in [1.54, 1.807) is 6.92 Å². The lowest BCUT2D eigenvalue weighted by molar-refractivity contribution is -0.143. The summed E-state index contributed by atoms with van der Waals surface area (Å²) < 4.78 is 0. The molecule has 4 heteroatoms. The smallest absolute Gasteiger partial charge is 0.323 e. The third-order valence-corrected chi connectivity index (χ3v) is 3.20. The second-order valence-electron chi connectivity index (χ2n) is 5.16. The molecule has 15 heavy (non-hydrogen) atoms. The first-order chi connectivity index (χ1) is 6.83. The molecule has 0 aliphatic heterocycles. The highest BCUT2D eigenvalue weighted by molar-refractivity contribution is 5.77. The Bertz CT molecular complexity index is 237. The van der Waals surface area contributed by atoms with E-state index < -0.39 is 11.5 Å². The third kappa shape index (κ3) is 3.80. The van der Waals surface area contributed by atoms with Crippen LogP contribution < -0.4 is 5.73 Å². The largest absolute Gasteiger partial charge is 0.480 e. The number of rotatable bonds is 6. The first-order valence-electron chi connectivity index (χ1n) is 5.55. The van der Waals surface area contributed by atoms with Crippen LogP contribution in [0.25, 0.3) is 0 Å². The summed E-state index contributed by atoms with van der Waals surface area (Å²) in [5.41, 5.74) is 4.60. The van der Waals surface area contributed by atoms with Gasteiger partial charge in [0.15, 0.2) is 0 Å². The summed E-state index contributed by atoms with van der Waals surface area (Å²) in [4.78, 5) is 13.1. The summed E-state index contributed by atoms with van der Waals surface area (Å²) in [5, 5.41) is 8.92. The lowest BCUT2D eigenvalue weighted by Gasteiger charge is -2.30. The van der Waals surface area contributed by atoms with Crippen LogP contribution in [0.15, 0.2) is 0 Å². The van der Waals surface area contributed by atoms with Gasteiger partial charge < -0.3 is 15.7 Å². The fourth-order valence-electron chi connectivity index (χ4n) is 1.74. The van der Waals surface area contributed by atoms with Gasteiger partial charge in [-0.2, -0.15) is 0 Å². The Balaban J connectivity index is 2.38. The molecule has 0 bridgehead atoms. The quantitative estimate of drug-likeness (QED) is 0.689. The van der Waals surface area contributed by atoms with E-state index in [1.165, 1.54) is 12.8 Å². The van der Waals surface area contributed by atoms with Gasteiger partial charge in [0.1, 0.15) is 5.54 Å². The Hall–Kier alpha value is -0.610. The summed E-state index contributed by atoms with van der Waals surface area (Å²) in [7, 11) is 2.04. The minimum Gasteiger partial charge on any atom is -0.480 e. The molecule has 0 heterocycles. The van der Waals surface area contributed by atoms with E-state index in [9.17, 15) is 4.79 Å². The number of carbonyl (C=O) groups is 1. The van der Waals surface area contributed by atoms with Crippen LogP contribution in [0.2, 0.25) is 0 Å². The molecule has 1 aliphatic carbocycles. The van der Waals surface area contributed by atoms with Crippen LogP contribution in [-0.2, 0) is 4.79 Å². The van der Waals surface area contributed by atoms with Crippen LogP contribution >= 0.6 is 0 Å². The second-order valence-corrected chi connectivity index (χ2v) is 5.16. The highest BCUT2D eigenvalue weighted by atomic mass is 16.4. The SMILES string of the molecule is CC(CC(C)(N)C(=O)O)N(C)CC1CC1. The highest BCUT2D eigenvalue weighted by Crippen LogP contribution is 2.30. The standard InChI is InChI=1S/C11H22N2O2/c1-8(6-11(2,12)10(14)15)13(3)7-9-4-5-9/h8-9H,4-7,12H2,1-3H3,(H,14,15). The zero-order valence-electron chi connectivity index (χ0n) is 9.86. The first kappa shape index (κ1) is 12.5. The van der Waals surface area contributed by atoms with E-state index >= 15 is 0 Å². The van der Waals surface area contributed by atoms with Crippen molar-refractivity contribution < 1.29 is 9.90 Å². The predicted molar refractivity (Wildman–Crippen MR) is 59.7 cm³/mol. The Morgan fingerprint density at radius 3 is 2.60 bits per heavy atom. The average Bonchev–Trinajstić information content (AvgIpc) is 2.86. The summed E-state index contributed by atoms with van der Waals surface area (Å²) in [5.74, 6) is -0.0968. The van der Waals surface area contributed by atoms with Gasteiger partial charge in [0.05, 0.1) is 0 Å². The highest BCUT2D eigenvalue weighted by Gasteiger charge is 2.32. The molecule has 0 spiro atoms. The Morgan fingerprint density at radius 1 is 1.67 bits per heavy atom. The maximum absolute atomic E-state index is 10.9. The molecule has 1 rings (SSSR count). The van der Waals surface area contributed by atoms with Gasteiger partial charge in [-0.15, -0.1) is 0 Å². The maximum Gasteiger partial charge on any atom is 0.323 e. The van der Waals surface area contributed by atoms with Gasteiger partial charge in [-0.25, -0.2) is 0 Å². The van der Waals surface area contributed by atoms with Gasteiger partial charge >= 0.3 is 5.97 Å². The second kappa shape index (κ2) is 4.49. The lowest BCUT2D eigenvalue weighted by Crippen LogP contribution is -2.49. The van der Waals surface area contributed by atoms with E-state index in [1.807, 2.05) is 14.0 Å². The fourth-order valence-corrected chi connectivity index (χ4v) is 1.74. The van der Waals surface area contributed by atoms with E-state index in [4.69, 9.17) is 10.8 Å². The molecule has 0 saturated heterocycles. The maximum atomic E-state index is 10.9. The molecule has 0 aromatic rings. The molecule has 0 aromatic carbocycles. The zero-order chi connectivity index (χ0) is 11.6. The first-order valence-corrected chi connectivity index (χ1v) is 5.55. The van der Waals surface area contributed by atoms with Crippen LogP contribution in [-0.4, -0.2) is 41.1 Å². The van der Waals surface area contributed by atoms with Gasteiger partial charge in [-0.1, -0.05) is 0 Å². The Labute approximate surface area is 91.4 Å². The van der Waals surface area contributed by atoms with Crippen molar-refractivity contribution in [3.05, 3.63) is 0 Å². The van der Waals surface area contributed by atoms with E-state index in [-0.39, 0.29) is 6.04 Å². The van der Waals surface area contributed by atoms with E-state index in [0.717, 1.165) is 12.5 Å². The number of hydrogen-bond acceptors (Lipinski definition) is 3. The third-order valence-electron chi connectivity index (χ3n) is 3.20. The number of nitrogens with two attached hydrogens (primary N) is 1. The average molecular weight is 214 g/mol. The Morgan fingerprint density at radius 2 is 2.20 bits per heavy atom. The van der Waals surface area contributed by atoms with Crippen LogP contribution in [0.1, 0.15) is 33.1 Å². The number of hydrogen-bond donors (Lipinski definition) is 2. The van der Waals surface area contributed by atoms with Crippen molar-refractivity contribution in [2.75, 3.05) is 13.6 Å². The summed E-state index contributed by atoms with van der Waals surface area (Å²) in [6.45, 7) is 4.68. The van der Waals surface area contributed by atoms with Crippen LogP contribution in [0.4, 0.5) is 0 Å². The lowest BCUT2D eigenvalue weighted by atomic mass is 9.94. The van der Waals surface area contributed by atoms with Crippen molar-refractivity contribution in [3.8, 4) is 0 Å². The number of aliphatic carboxylic acids is 1. The molecule has 0 amide bonds. The van der Waals surface area contributed by atoms with Crippen molar-refractivity contribution in [2.45, 2.75) is 44.7 Å². The topological polar surface area (TPSA) is 66.6 Å². The molecular weight excluding hydrogens is 192 g/mol. The van der Waals surface area contributed by atoms with Crippen molar-refractivity contribution >= 4 is 5.97 Å². The van der Waals surface area contributed by atoms with E-state index in [2.05, 4.69) is 4.90 Å². The number of carboxylic acids is 1. The minimum absolute atomic E-state index is 0.219. The molecular formula is C11H22N2O2.